The molecule has 7 heteroatoms. The van der Waals surface area contributed by atoms with Crippen molar-refractivity contribution in [2.75, 3.05) is 0 Å². The van der Waals surface area contributed by atoms with Gasteiger partial charge in [0.15, 0.2) is 5.82 Å². The predicted octanol–water partition coefficient (Wildman–Crippen LogP) is 1.81. The average molecular weight is 324 g/mol. The lowest BCUT2D eigenvalue weighted by molar-refractivity contribution is 0.0936. The minimum Gasteiger partial charge on any atom is -0.348 e. The molecule has 0 spiro atoms. The van der Waals surface area contributed by atoms with Crippen LogP contribution in [0.4, 0.5) is 0 Å². The molecule has 124 valence electrons. The number of carbonyl (C=O) groups is 1. The van der Waals surface area contributed by atoms with Crippen LogP contribution in [-0.2, 0) is 13.6 Å². The largest absolute Gasteiger partial charge is 0.348 e. The number of aryl methyl sites for hydroxylation is 2. The van der Waals surface area contributed by atoms with E-state index in [1.54, 1.807) is 27.7 Å². The Morgan fingerprint density at radius 3 is 2.62 bits per heavy atom. The molecular weight excluding hydrogens is 304 g/mol. The lowest BCUT2D eigenvalue weighted by atomic mass is 10.1. The zero-order chi connectivity index (χ0) is 17.1. The Morgan fingerprint density at radius 2 is 2.04 bits per heavy atom. The number of nitrogens with zero attached hydrogens (tertiary/aromatic N) is 5. The Kier molecular flexibility index (Phi) is 4.41. The summed E-state index contributed by atoms with van der Waals surface area (Å²) >= 11 is 0. The SMILES string of the molecule is Cc1nc(-c2ccc(C(=O)N[C@@H](C)Cn3cccn3)cc2)n(C)n1. The second-order valence-electron chi connectivity index (χ2n) is 5.79. The molecule has 2 heterocycles. The van der Waals surface area contributed by atoms with Gasteiger partial charge < -0.3 is 5.32 Å². The molecule has 0 fully saturated rings. The molecule has 0 aliphatic rings. The smallest absolute Gasteiger partial charge is 0.251 e. The number of benzene rings is 1. The van der Waals surface area contributed by atoms with Crippen LogP contribution in [-0.4, -0.2) is 36.5 Å². The van der Waals surface area contributed by atoms with Crippen LogP contribution in [0.2, 0.25) is 0 Å². The van der Waals surface area contributed by atoms with Crippen molar-refractivity contribution in [2.45, 2.75) is 26.4 Å². The first-order chi connectivity index (χ1) is 11.5. The first-order valence-corrected chi connectivity index (χ1v) is 7.79. The van der Waals surface area contributed by atoms with Crippen LogP contribution in [0.1, 0.15) is 23.1 Å². The van der Waals surface area contributed by atoms with Crippen molar-refractivity contribution < 1.29 is 4.79 Å². The molecule has 24 heavy (non-hydrogen) atoms. The molecular formula is C17H20N6O. The van der Waals surface area contributed by atoms with Crippen LogP contribution in [0, 0.1) is 6.92 Å². The maximum Gasteiger partial charge on any atom is 0.251 e. The summed E-state index contributed by atoms with van der Waals surface area (Å²) < 4.78 is 3.53. The number of nitrogens with one attached hydrogen (secondary N) is 1. The Hall–Kier alpha value is -2.96. The third-order valence-electron chi connectivity index (χ3n) is 3.67. The number of hydrogen-bond acceptors (Lipinski definition) is 4. The number of amides is 1. The molecule has 3 rings (SSSR count). The molecule has 1 N–H and O–H groups in total. The van der Waals surface area contributed by atoms with Gasteiger partial charge in [0, 0.05) is 36.6 Å². The van der Waals surface area contributed by atoms with Gasteiger partial charge in [0.05, 0.1) is 6.54 Å². The minimum absolute atomic E-state index is 0.0153. The van der Waals surface area contributed by atoms with Gasteiger partial charge in [-0.2, -0.15) is 10.2 Å². The van der Waals surface area contributed by atoms with E-state index in [1.165, 1.54) is 0 Å². The molecule has 0 saturated carbocycles. The second kappa shape index (κ2) is 6.66. The van der Waals surface area contributed by atoms with Gasteiger partial charge in [0.25, 0.3) is 5.91 Å². The van der Waals surface area contributed by atoms with E-state index in [0.717, 1.165) is 17.2 Å². The monoisotopic (exact) mass is 324 g/mol. The van der Waals surface area contributed by atoms with Crippen LogP contribution >= 0.6 is 0 Å². The number of aromatic nitrogens is 5. The van der Waals surface area contributed by atoms with E-state index in [4.69, 9.17) is 0 Å². The van der Waals surface area contributed by atoms with Gasteiger partial charge in [-0.25, -0.2) is 9.67 Å². The molecule has 7 nitrogen and oxygen atoms in total. The number of carbonyl (C=O) groups excluding carboxylic acids is 1. The molecule has 1 aromatic carbocycles. The van der Waals surface area contributed by atoms with E-state index >= 15 is 0 Å². The summed E-state index contributed by atoms with van der Waals surface area (Å²) in [6.45, 7) is 4.44. The Bertz CT molecular complexity index is 819. The molecule has 1 amide bonds. The van der Waals surface area contributed by atoms with Crippen molar-refractivity contribution in [3.63, 3.8) is 0 Å². The maximum atomic E-state index is 12.3. The van der Waals surface area contributed by atoms with Crippen molar-refractivity contribution in [2.24, 2.45) is 7.05 Å². The zero-order valence-corrected chi connectivity index (χ0v) is 14.0. The van der Waals surface area contributed by atoms with Crippen LogP contribution in [0.5, 0.6) is 0 Å². The van der Waals surface area contributed by atoms with Crippen molar-refractivity contribution in [3.8, 4) is 11.4 Å². The predicted molar refractivity (Wildman–Crippen MR) is 90.3 cm³/mol. The third-order valence-corrected chi connectivity index (χ3v) is 3.67. The number of hydrogen-bond donors (Lipinski definition) is 1. The lowest BCUT2D eigenvalue weighted by Gasteiger charge is -2.14. The molecule has 0 bridgehead atoms. The fraction of sp³-hybridized carbons (Fsp3) is 0.294. The van der Waals surface area contributed by atoms with Gasteiger partial charge in [-0.15, -0.1) is 0 Å². The first-order valence-electron chi connectivity index (χ1n) is 7.79. The van der Waals surface area contributed by atoms with Crippen LogP contribution in [0.25, 0.3) is 11.4 Å². The van der Waals surface area contributed by atoms with E-state index in [9.17, 15) is 4.79 Å². The molecule has 0 radical (unpaired) electrons. The van der Waals surface area contributed by atoms with Gasteiger partial charge in [0.1, 0.15) is 5.82 Å². The highest BCUT2D eigenvalue weighted by atomic mass is 16.1. The molecule has 3 aromatic rings. The first kappa shape index (κ1) is 15.9. The van der Waals surface area contributed by atoms with Gasteiger partial charge in [-0.05, 0) is 32.0 Å². The lowest BCUT2D eigenvalue weighted by Crippen LogP contribution is -2.35. The van der Waals surface area contributed by atoms with E-state index in [-0.39, 0.29) is 11.9 Å². The minimum atomic E-state index is -0.102. The molecule has 1 atom stereocenters. The van der Waals surface area contributed by atoms with Crippen molar-refractivity contribution in [1.82, 2.24) is 29.9 Å². The van der Waals surface area contributed by atoms with Gasteiger partial charge >= 0.3 is 0 Å². The topological polar surface area (TPSA) is 77.6 Å². The van der Waals surface area contributed by atoms with Gasteiger partial charge in [-0.3, -0.25) is 9.48 Å². The third kappa shape index (κ3) is 3.51. The highest BCUT2D eigenvalue weighted by Crippen LogP contribution is 2.17. The Labute approximate surface area is 140 Å². The van der Waals surface area contributed by atoms with Crippen LogP contribution < -0.4 is 5.32 Å². The normalized spacial score (nSPS) is 12.1. The van der Waals surface area contributed by atoms with E-state index < -0.39 is 0 Å². The van der Waals surface area contributed by atoms with Gasteiger partial charge in [0.2, 0.25) is 0 Å². The van der Waals surface area contributed by atoms with E-state index in [0.29, 0.717) is 12.1 Å². The van der Waals surface area contributed by atoms with Crippen molar-refractivity contribution >= 4 is 5.91 Å². The molecule has 2 aromatic heterocycles. The summed E-state index contributed by atoms with van der Waals surface area (Å²) in [7, 11) is 1.85. The highest BCUT2D eigenvalue weighted by molar-refractivity contribution is 5.94. The van der Waals surface area contributed by atoms with E-state index in [2.05, 4.69) is 20.5 Å². The molecule has 0 saturated heterocycles. The second-order valence-corrected chi connectivity index (χ2v) is 5.79. The van der Waals surface area contributed by atoms with Crippen LogP contribution in [0.15, 0.2) is 42.7 Å². The molecule has 0 aliphatic heterocycles. The summed E-state index contributed by atoms with van der Waals surface area (Å²) in [4.78, 5) is 16.7. The Morgan fingerprint density at radius 1 is 1.29 bits per heavy atom. The zero-order valence-electron chi connectivity index (χ0n) is 14.0. The maximum absolute atomic E-state index is 12.3. The highest BCUT2D eigenvalue weighted by Gasteiger charge is 2.12. The quantitative estimate of drug-likeness (QED) is 0.776. The average Bonchev–Trinajstić information content (AvgIpc) is 3.16. The summed E-state index contributed by atoms with van der Waals surface area (Å²) in [5, 5.41) is 11.4. The van der Waals surface area contributed by atoms with Crippen LogP contribution in [0.3, 0.4) is 0 Å². The van der Waals surface area contributed by atoms with Gasteiger partial charge in [-0.1, -0.05) is 12.1 Å². The number of rotatable bonds is 5. The molecule has 0 aliphatic carbocycles. The van der Waals surface area contributed by atoms with Crippen molar-refractivity contribution in [1.29, 1.82) is 0 Å². The molecule has 0 unspecified atom stereocenters. The summed E-state index contributed by atoms with van der Waals surface area (Å²) in [6.07, 6.45) is 3.60. The van der Waals surface area contributed by atoms with Crippen molar-refractivity contribution in [3.05, 3.63) is 54.1 Å². The summed E-state index contributed by atoms with van der Waals surface area (Å²) in [5.41, 5.74) is 1.55. The summed E-state index contributed by atoms with van der Waals surface area (Å²) in [5.74, 6) is 1.41. The Balaban J connectivity index is 1.66. The standard InChI is InChI=1S/C17H20N6O/c1-12(11-23-10-4-9-18-23)19-17(24)15-7-5-14(6-8-15)16-20-13(2)21-22(16)3/h4-10,12H,11H2,1-3H3,(H,19,24)/t12-/m0/s1. The van der Waals surface area contributed by atoms with E-state index in [1.807, 2.05) is 45.3 Å². The fourth-order valence-corrected chi connectivity index (χ4v) is 2.58. The summed E-state index contributed by atoms with van der Waals surface area (Å²) in [6, 6.07) is 9.22. The fourth-order valence-electron chi connectivity index (χ4n) is 2.58.